The molecular weight excluding hydrogens is 256 g/mol. The molecule has 0 aromatic rings. The summed E-state index contributed by atoms with van der Waals surface area (Å²) in [5, 5.41) is 0. The van der Waals surface area contributed by atoms with E-state index >= 15 is 0 Å². The van der Waals surface area contributed by atoms with Crippen LogP contribution in [0.3, 0.4) is 0 Å². The Balaban J connectivity index is 1.98. The summed E-state index contributed by atoms with van der Waals surface area (Å²) in [5.74, 6) is -0.875. The van der Waals surface area contributed by atoms with E-state index < -0.39 is 17.4 Å². The molecule has 1 saturated carbocycles. The molecule has 0 aromatic carbocycles. The van der Waals surface area contributed by atoms with Crippen molar-refractivity contribution in [2.24, 2.45) is 17.3 Å². The van der Waals surface area contributed by atoms with E-state index in [1.54, 1.807) is 13.8 Å². The molecular formula is C16H24O4. The number of hydrogen-bond donors (Lipinski definition) is 0. The van der Waals surface area contributed by atoms with Crippen molar-refractivity contribution in [2.75, 3.05) is 6.61 Å². The Morgan fingerprint density at radius 2 is 2.25 bits per heavy atom. The average Bonchev–Trinajstić information content (AvgIpc) is 2.90. The summed E-state index contributed by atoms with van der Waals surface area (Å²) in [6, 6.07) is 0. The van der Waals surface area contributed by atoms with Crippen molar-refractivity contribution in [1.82, 2.24) is 0 Å². The van der Waals surface area contributed by atoms with Gasteiger partial charge in [0.15, 0.2) is 5.41 Å². The number of esters is 2. The zero-order chi connectivity index (χ0) is 14.8. The van der Waals surface area contributed by atoms with Crippen LogP contribution in [0.25, 0.3) is 0 Å². The number of ether oxygens (including phenoxy) is 2. The minimum Gasteiger partial charge on any atom is -0.464 e. The Morgan fingerprint density at radius 3 is 2.90 bits per heavy atom. The number of unbranched alkanes of at least 4 members (excludes halogenated alkanes) is 3. The lowest BCUT2D eigenvalue weighted by Gasteiger charge is -2.13. The van der Waals surface area contributed by atoms with Crippen LogP contribution in [-0.4, -0.2) is 24.6 Å². The number of carbonyl (C=O) groups excluding carboxylic acids is 2. The van der Waals surface area contributed by atoms with Gasteiger partial charge in [-0.15, -0.1) is 0 Å². The molecule has 3 atom stereocenters. The highest BCUT2D eigenvalue weighted by Crippen LogP contribution is 2.64. The van der Waals surface area contributed by atoms with Crippen LogP contribution in [0.1, 0.15) is 46.5 Å². The van der Waals surface area contributed by atoms with Gasteiger partial charge in [-0.2, -0.15) is 0 Å². The second kappa shape index (κ2) is 5.98. The normalized spacial score (nSPS) is 31.5. The predicted octanol–water partition coefficient (Wildman–Crippen LogP) is 2.86. The van der Waals surface area contributed by atoms with Crippen LogP contribution in [0.4, 0.5) is 0 Å². The summed E-state index contributed by atoms with van der Waals surface area (Å²) in [7, 11) is 0. The van der Waals surface area contributed by atoms with Crippen LogP contribution in [-0.2, 0) is 19.1 Å². The third-order valence-electron chi connectivity index (χ3n) is 4.17. The Labute approximate surface area is 120 Å². The second-order valence-corrected chi connectivity index (χ2v) is 5.98. The van der Waals surface area contributed by atoms with E-state index in [0.29, 0.717) is 6.61 Å². The standard InChI is InChI=1S/C16H24O4/c1-4-5-6-7-8-9-12-13-10-19-14(17)16(12,13)15(18)20-11(2)3/h8-9,11-13H,4-7,10H2,1-3H3/b9-8+. The molecule has 3 unspecified atom stereocenters. The largest absolute Gasteiger partial charge is 0.464 e. The predicted molar refractivity (Wildman–Crippen MR) is 74.9 cm³/mol. The lowest BCUT2D eigenvalue weighted by atomic mass is 10.0. The maximum atomic E-state index is 12.2. The maximum absolute atomic E-state index is 12.2. The first-order valence-corrected chi connectivity index (χ1v) is 7.60. The van der Waals surface area contributed by atoms with Crippen LogP contribution >= 0.6 is 0 Å². The number of fused-ring (bicyclic) bond motifs is 1. The van der Waals surface area contributed by atoms with Crippen LogP contribution in [0.5, 0.6) is 0 Å². The summed E-state index contributed by atoms with van der Waals surface area (Å²) in [6.07, 6.45) is 8.46. The summed E-state index contributed by atoms with van der Waals surface area (Å²) in [4.78, 5) is 24.2. The number of hydrogen-bond acceptors (Lipinski definition) is 4. The second-order valence-electron chi connectivity index (χ2n) is 5.98. The van der Waals surface area contributed by atoms with Crippen molar-refractivity contribution in [1.29, 1.82) is 0 Å². The van der Waals surface area contributed by atoms with E-state index in [0.717, 1.165) is 12.8 Å². The lowest BCUT2D eigenvalue weighted by molar-refractivity contribution is -0.163. The fourth-order valence-corrected chi connectivity index (χ4v) is 3.02. The molecule has 0 spiro atoms. The van der Waals surface area contributed by atoms with Gasteiger partial charge in [0.25, 0.3) is 0 Å². The van der Waals surface area contributed by atoms with Gasteiger partial charge in [0.1, 0.15) is 0 Å². The van der Waals surface area contributed by atoms with Crippen LogP contribution < -0.4 is 0 Å². The fourth-order valence-electron chi connectivity index (χ4n) is 3.02. The molecule has 0 aromatic heterocycles. The Morgan fingerprint density at radius 1 is 1.50 bits per heavy atom. The zero-order valence-electron chi connectivity index (χ0n) is 12.6. The van der Waals surface area contributed by atoms with Gasteiger partial charge < -0.3 is 9.47 Å². The highest BCUT2D eigenvalue weighted by molar-refractivity contribution is 6.06. The number of allylic oxidation sites excluding steroid dienone is 2. The van der Waals surface area contributed by atoms with Crippen molar-refractivity contribution in [3.05, 3.63) is 12.2 Å². The Kier molecular flexibility index (Phi) is 4.51. The average molecular weight is 280 g/mol. The van der Waals surface area contributed by atoms with E-state index in [4.69, 9.17) is 9.47 Å². The first kappa shape index (κ1) is 15.1. The third-order valence-corrected chi connectivity index (χ3v) is 4.17. The van der Waals surface area contributed by atoms with Crippen molar-refractivity contribution >= 4 is 11.9 Å². The molecule has 0 amide bonds. The van der Waals surface area contributed by atoms with Gasteiger partial charge in [-0.3, -0.25) is 9.59 Å². The van der Waals surface area contributed by atoms with Crippen molar-refractivity contribution in [3.63, 3.8) is 0 Å². The van der Waals surface area contributed by atoms with Gasteiger partial charge in [0.05, 0.1) is 12.7 Å². The quantitative estimate of drug-likeness (QED) is 0.311. The van der Waals surface area contributed by atoms with Gasteiger partial charge in [0, 0.05) is 11.8 Å². The van der Waals surface area contributed by atoms with Crippen molar-refractivity contribution in [3.8, 4) is 0 Å². The van der Waals surface area contributed by atoms with E-state index in [-0.39, 0.29) is 17.9 Å². The van der Waals surface area contributed by atoms with Gasteiger partial charge in [-0.05, 0) is 26.7 Å². The Hall–Kier alpha value is -1.32. The highest BCUT2D eigenvalue weighted by atomic mass is 16.6. The van der Waals surface area contributed by atoms with Gasteiger partial charge in [-0.25, -0.2) is 0 Å². The molecule has 112 valence electrons. The monoisotopic (exact) mass is 280 g/mol. The minimum absolute atomic E-state index is 0.0244. The zero-order valence-corrected chi connectivity index (χ0v) is 12.6. The van der Waals surface area contributed by atoms with E-state index in [1.165, 1.54) is 12.8 Å². The van der Waals surface area contributed by atoms with E-state index in [2.05, 4.69) is 13.0 Å². The molecule has 0 radical (unpaired) electrons. The molecule has 0 N–H and O–H groups in total. The first-order valence-electron chi connectivity index (χ1n) is 7.60. The molecule has 1 saturated heterocycles. The molecule has 1 aliphatic heterocycles. The topological polar surface area (TPSA) is 52.6 Å². The van der Waals surface area contributed by atoms with Crippen molar-refractivity contribution < 1.29 is 19.1 Å². The van der Waals surface area contributed by atoms with Crippen LogP contribution in [0, 0.1) is 17.3 Å². The number of carbonyl (C=O) groups is 2. The Bertz CT molecular complexity index is 413. The molecule has 0 bridgehead atoms. The molecule has 4 nitrogen and oxygen atoms in total. The van der Waals surface area contributed by atoms with E-state index in [1.807, 2.05) is 6.08 Å². The van der Waals surface area contributed by atoms with Crippen LogP contribution in [0.15, 0.2) is 12.2 Å². The summed E-state index contributed by atoms with van der Waals surface area (Å²) >= 11 is 0. The molecule has 1 aliphatic carbocycles. The molecule has 2 fully saturated rings. The molecule has 1 heterocycles. The van der Waals surface area contributed by atoms with Crippen molar-refractivity contribution in [2.45, 2.75) is 52.6 Å². The summed E-state index contributed by atoms with van der Waals surface area (Å²) < 4.78 is 10.3. The minimum atomic E-state index is -1.04. The molecule has 4 heteroatoms. The van der Waals surface area contributed by atoms with Crippen LogP contribution in [0.2, 0.25) is 0 Å². The smallest absolute Gasteiger partial charge is 0.324 e. The maximum Gasteiger partial charge on any atom is 0.324 e. The fraction of sp³-hybridized carbons (Fsp3) is 0.750. The number of rotatable bonds is 7. The molecule has 2 rings (SSSR count). The van der Waals surface area contributed by atoms with Gasteiger partial charge in [-0.1, -0.05) is 31.9 Å². The van der Waals surface area contributed by atoms with E-state index in [9.17, 15) is 9.59 Å². The van der Waals surface area contributed by atoms with Gasteiger partial charge >= 0.3 is 11.9 Å². The third kappa shape index (κ3) is 2.48. The summed E-state index contributed by atoms with van der Waals surface area (Å²) in [5.41, 5.74) is -1.04. The highest BCUT2D eigenvalue weighted by Gasteiger charge is 2.79. The molecule has 20 heavy (non-hydrogen) atoms. The lowest BCUT2D eigenvalue weighted by Crippen LogP contribution is -2.31. The molecule has 2 aliphatic rings. The first-order chi connectivity index (χ1) is 9.55. The SMILES string of the molecule is CCCCC/C=C/C1C2COC(=O)C12C(=O)OC(C)C. The summed E-state index contributed by atoms with van der Waals surface area (Å²) in [6.45, 7) is 6.10. The number of cyclic esters (lactones) is 1. The van der Waals surface area contributed by atoms with Gasteiger partial charge in [0.2, 0.25) is 0 Å².